The van der Waals surface area contributed by atoms with Crippen molar-refractivity contribution < 1.29 is 48.3 Å². The van der Waals surface area contributed by atoms with Crippen LogP contribution in [0.25, 0.3) is 43.2 Å². The van der Waals surface area contributed by atoms with Crippen molar-refractivity contribution >= 4 is 125 Å². The largest absolute Gasteiger partial charge is 0.507 e. The number of halogens is 3. The van der Waals surface area contributed by atoms with Crippen LogP contribution in [0.4, 0.5) is 37.1 Å². The van der Waals surface area contributed by atoms with E-state index in [2.05, 4.69) is 17.1 Å². The average Bonchev–Trinajstić information content (AvgIpc) is 1.65. The zero-order valence-electron chi connectivity index (χ0n) is 52.0. The molecule has 4 amide bonds. The van der Waals surface area contributed by atoms with Crippen molar-refractivity contribution in [2.45, 2.75) is 110 Å². The number of hydrogen-bond acceptors (Lipinski definition) is 10. The molecule has 13 rings (SSSR count). The van der Waals surface area contributed by atoms with Gasteiger partial charge >= 0.3 is 18.3 Å². The van der Waals surface area contributed by atoms with Gasteiger partial charge < -0.3 is 39.0 Å². The van der Waals surface area contributed by atoms with E-state index in [1.165, 1.54) is 0 Å². The molecule has 0 fully saturated rings. The first-order chi connectivity index (χ1) is 42.8. The summed E-state index contributed by atoms with van der Waals surface area (Å²) >= 11 is 18.8. The lowest BCUT2D eigenvalue weighted by Gasteiger charge is -2.25. The van der Waals surface area contributed by atoms with Gasteiger partial charge in [0, 0.05) is 107 Å². The van der Waals surface area contributed by atoms with Gasteiger partial charge in [-0.25, -0.2) is 14.4 Å². The Labute approximate surface area is 538 Å². The maximum atomic E-state index is 13.8. The minimum Gasteiger partial charge on any atom is -0.507 e. The Hall–Kier alpha value is -8.37. The van der Waals surface area contributed by atoms with Crippen molar-refractivity contribution in [3.63, 3.8) is 0 Å². The predicted octanol–water partition coefficient (Wildman–Crippen LogP) is 17.4. The van der Waals surface area contributed by atoms with Gasteiger partial charge in [-0.2, -0.15) is 0 Å². The molecule has 5 heterocycles. The zero-order valence-corrected chi connectivity index (χ0v) is 54.2. The van der Waals surface area contributed by atoms with Crippen LogP contribution in [-0.4, -0.2) is 100 Å². The Kier molecular flexibility index (Phi) is 17.7. The number of hydrogen-bond donors (Lipinski definition) is 3. The zero-order chi connectivity index (χ0) is 64.1. The summed E-state index contributed by atoms with van der Waals surface area (Å²) in [4.78, 5) is 61.9. The van der Waals surface area contributed by atoms with Crippen LogP contribution >= 0.6 is 34.8 Å². The number of aromatic nitrogens is 1. The van der Waals surface area contributed by atoms with Crippen LogP contribution in [0, 0.1) is 0 Å². The van der Waals surface area contributed by atoms with E-state index in [1.54, 1.807) is 31.7 Å². The van der Waals surface area contributed by atoms with E-state index >= 15 is 0 Å². The van der Waals surface area contributed by atoms with E-state index in [0.29, 0.717) is 73.9 Å². The third-order valence-corrected chi connectivity index (χ3v) is 17.4. The highest BCUT2D eigenvalue weighted by Crippen LogP contribution is 2.49. The van der Waals surface area contributed by atoms with Gasteiger partial charge in [0.2, 0.25) is 0 Å². The van der Waals surface area contributed by atoms with Crippen molar-refractivity contribution in [3.05, 3.63) is 173 Å². The number of nitrogens with zero attached hydrogens (tertiary/aromatic N) is 4. The average molecular weight is 1280 g/mol. The van der Waals surface area contributed by atoms with Crippen LogP contribution in [0.15, 0.2) is 140 Å². The van der Waals surface area contributed by atoms with Gasteiger partial charge in [0.05, 0.1) is 22.7 Å². The number of H-pyrrole nitrogens is 1. The van der Waals surface area contributed by atoms with Gasteiger partial charge in [-0.3, -0.25) is 19.5 Å². The van der Waals surface area contributed by atoms with Crippen LogP contribution in [0.5, 0.6) is 17.2 Å². The van der Waals surface area contributed by atoms with Crippen molar-refractivity contribution in [1.29, 1.82) is 0 Å². The molecule has 18 heteroatoms. The molecule has 3 N–H and O–H groups in total. The first kappa shape index (κ1) is 63.2. The molecule has 0 saturated heterocycles. The number of phenolic OH excluding ortho intramolecular Hbond substituents is 2. The second-order valence-corrected chi connectivity index (χ2v) is 27.0. The smallest absolute Gasteiger partial charge is 0.414 e. The van der Waals surface area contributed by atoms with Gasteiger partial charge in [0.1, 0.15) is 46.4 Å². The highest BCUT2D eigenvalue weighted by atomic mass is 35.5. The van der Waals surface area contributed by atoms with Gasteiger partial charge in [0.25, 0.3) is 5.91 Å². The Morgan fingerprint density at radius 2 is 0.889 bits per heavy atom. The fourth-order valence-corrected chi connectivity index (χ4v) is 13.3. The van der Waals surface area contributed by atoms with E-state index in [4.69, 9.17) is 53.8 Å². The number of ether oxygens (including phenoxy) is 4. The first-order valence-electron chi connectivity index (χ1n) is 30.2. The number of aromatic amines is 1. The molecule has 8 aromatic carbocycles. The number of carbonyl (C=O) groups excluding carboxylic acids is 4. The number of rotatable bonds is 7. The molecule has 4 aliphatic rings. The molecule has 15 nitrogen and oxygen atoms in total. The number of anilines is 4. The fourth-order valence-electron chi connectivity index (χ4n) is 12.6. The molecule has 0 unspecified atom stereocenters. The number of fused-ring (bicyclic) bond motifs is 12. The van der Waals surface area contributed by atoms with E-state index in [-0.39, 0.29) is 47.3 Å². The standard InChI is InChI=1S/C29H28ClN3O4.C25H26ClNO3.C18H20ClNO3/c1-29(2,3)37-28(36)32-11-10-17-20-12-22(31-21(20)8-9-23(17)32)27(35)33-15-16(14-30)26-19-7-5-4-6-18(19)25(34)13-24(26)33;1-25(2,3)30-24(28)27-15-18(14-26)23-20-12-8-7-11-19(20)22(13-21(23)27)29-16-17-9-5-4-6-10-17;1-18(2,3)23-17(22)20-10-11(9-19)16-13-7-5-4-6-12(13)15(21)8-14(16)20/h4-9,12-13,16,31,34H,10-11,14-15H2,1-3H3;4-13,18H,14-16H2,1-3H3;4-8,11,21H,9-10H2,1-3H3/t16-;18-;11-/m111/s1. The summed E-state index contributed by atoms with van der Waals surface area (Å²) in [6.45, 7) is 19.0. The maximum Gasteiger partial charge on any atom is 0.414 e. The Morgan fingerprint density at radius 3 is 1.37 bits per heavy atom. The molecule has 0 radical (unpaired) electrons. The predicted molar refractivity (Wildman–Crippen MR) is 361 cm³/mol. The van der Waals surface area contributed by atoms with Crippen LogP contribution in [0.3, 0.4) is 0 Å². The second-order valence-electron chi connectivity index (χ2n) is 26.1. The van der Waals surface area contributed by atoms with E-state index in [0.717, 1.165) is 88.2 Å². The summed E-state index contributed by atoms with van der Waals surface area (Å²) < 4.78 is 22.9. The highest BCUT2D eigenvalue weighted by Gasteiger charge is 2.40. The van der Waals surface area contributed by atoms with E-state index < -0.39 is 22.9 Å². The summed E-state index contributed by atoms with van der Waals surface area (Å²) in [5.41, 5.74) is 7.73. The van der Waals surface area contributed by atoms with Crippen molar-refractivity contribution in [1.82, 2.24) is 4.98 Å². The van der Waals surface area contributed by atoms with Crippen molar-refractivity contribution in [2.75, 3.05) is 63.4 Å². The fraction of sp³-hybridized carbons (Fsp3) is 0.333. The lowest BCUT2D eigenvalue weighted by Crippen LogP contribution is -2.36. The number of aromatic hydroxyl groups is 2. The molecule has 0 saturated carbocycles. The second kappa shape index (κ2) is 25.1. The first-order valence-corrected chi connectivity index (χ1v) is 31.8. The van der Waals surface area contributed by atoms with Crippen molar-refractivity contribution in [3.8, 4) is 17.2 Å². The third-order valence-electron chi connectivity index (χ3n) is 16.3. The van der Waals surface area contributed by atoms with Gasteiger partial charge in [-0.05, 0) is 131 Å². The summed E-state index contributed by atoms with van der Waals surface area (Å²) in [6.07, 6.45) is -0.468. The summed E-state index contributed by atoms with van der Waals surface area (Å²) in [6, 6.07) is 44.4. The minimum absolute atomic E-state index is 0.0182. The number of alkyl halides is 3. The van der Waals surface area contributed by atoms with Crippen LogP contribution < -0.4 is 24.3 Å². The molecular weight excluding hydrogens is 1200 g/mol. The summed E-state index contributed by atoms with van der Waals surface area (Å²) in [5, 5.41) is 27.4. The number of carbonyl (C=O) groups is 4. The summed E-state index contributed by atoms with van der Waals surface area (Å²) in [7, 11) is 0. The van der Waals surface area contributed by atoms with Crippen molar-refractivity contribution in [2.24, 2.45) is 0 Å². The van der Waals surface area contributed by atoms with Crippen LogP contribution in [0.2, 0.25) is 0 Å². The molecule has 0 bridgehead atoms. The molecule has 0 aliphatic carbocycles. The van der Waals surface area contributed by atoms with Gasteiger partial charge in [-0.1, -0.05) is 103 Å². The number of benzene rings is 8. The lowest BCUT2D eigenvalue weighted by molar-refractivity contribution is 0.0571. The monoisotopic (exact) mass is 1270 g/mol. The Bertz CT molecular complexity index is 4250. The molecule has 1 aromatic heterocycles. The molecule has 4 aliphatic heterocycles. The normalized spacial score (nSPS) is 16.7. The Morgan fingerprint density at radius 1 is 0.478 bits per heavy atom. The van der Waals surface area contributed by atoms with E-state index in [1.807, 2.05) is 178 Å². The highest BCUT2D eigenvalue weighted by molar-refractivity contribution is 6.20. The van der Waals surface area contributed by atoms with Crippen LogP contribution in [0.1, 0.15) is 118 Å². The molecule has 9 aromatic rings. The van der Waals surface area contributed by atoms with Gasteiger partial charge in [-0.15, -0.1) is 34.8 Å². The SMILES string of the molecule is CC(C)(C)OC(=O)N1CCc2c1ccc1[nH]c(C(=O)N3C[C@@H](CCl)c4c3cc(O)c3ccccc43)cc21.CC(C)(C)OC(=O)N1C[C@@H](CCl)c2c1cc(O)c1ccccc21.CC(C)(C)OC(=O)N1C[C@@H](CCl)c2c1cc(OCc1ccccc1)c1ccccc21. The quantitative estimate of drug-likeness (QED) is 0.103. The lowest BCUT2D eigenvalue weighted by atomic mass is 9.95. The molecule has 0 spiro atoms. The van der Waals surface area contributed by atoms with E-state index in [9.17, 15) is 29.4 Å². The van der Waals surface area contributed by atoms with Gasteiger partial charge in [0.15, 0.2) is 0 Å². The maximum absolute atomic E-state index is 13.8. The van der Waals surface area contributed by atoms with Crippen LogP contribution in [-0.2, 0) is 27.2 Å². The number of amides is 4. The molecular formula is C72H74Cl3N5O10. The molecule has 90 heavy (non-hydrogen) atoms. The topological polar surface area (TPSA) is 174 Å². The Balaban J connectivity index is 0.000000143. The number of nitrogens with one attached hydrogen (secondary N) is 1. The molecule has 3 atom stereocenters. The third kappa shape index (κ3) is 12.7. The molecule has 468 valence electrons. The summed E-state index contributed by atoms with van der Waals surface area (Å²) in [5.74, 6) is 2.08. The minimum atomic E-state index is -0.579. The number of phenols is 2.